The number of hydrogen-bond acceptors (Lipinski definition) is 3. The minimum atomic E-state index is -0.575. The standard InChI is InChI=1S/C14H21NO3/c1-10(2)13(16)11(3)15-14(17)18-9-12-7-5-4-6-8-12/h4-8,10-11,13,16H,9H2,1-3H3,(H,15,17)/t11-,13+/m0/s1. The summed E-state index contributed by atoms with van der Waals surface area (Å²) in [6.07, 6.45) is -1.08. The second kappa shape index (κ2) is 7.01. The van der Waals surface area contributed by atoms with Gasteiger partial charge in [0.2, 0.25) is 0 Å². The molecule has 2 N–H and O–H groups in total. The first kappa shape index (κ1) is 14.5. The second-order valence-electron chi connectivity index (χ2n) is 4.73. The first-order chi connectivity index (χ1) is 8.50. The van der Waals surface area contributed by atoms with E-state index < -0.39 is 12.2 Å². The van der Waals surface area contributed by atoms with Crippen LogP contribution in [0, 0.1) is 5.92 Å². The summed E-state index contributed by atoms with van der Waals surface area (Å²) in [5, 5.41) is 12.4. The van der Waals surface area contributed by atoms with Gasteiger partial charge in [-0.15, -0.1) is 0 Å². The predicted octanol–water partition coefficient (Wildman–Crippen LogP) is 2.32. The van der Waals surface area contributed by atoms with Gasteiger partial charge >= 0.3 is 6.09 Å². The summed E-state index contributed by atoms with van der Waals surface area (Å²) >= 11 is 0. The number of aliphatic hydroxyl groups is 1. The van der Waals surface area contributed by atoms with Crippen LogP contribution in [-0.2, 0) is 11.3 Å². The van der Waals surface area contributed by atoms with Gasteiger partial charge in [-0.1, -0.05) is 44.2 Å². The van der Waals surface area contributed by atoms with Gasteiger partial charge in [-0.25, -0.2) is 4.79 Å². The van der Waals surface area contributed by atoms with E-state index in [1.54, 1.807) is 6.92 Å². The van der Waals surface area contributed by atoms with E-state index in [1.807, 2.05) is 44.2 Å². The van der Waals surface area contributed by atoms with E-state index in [9.17, 15) is 9.90 Å². The van der Waals surface area contributed by atoms with E-state index in [2.05, 4.69) is 5.32 Å². The fourth-order valence-electron chi connectivity index (χ4n) is 1.61. The molecule has 1 rings (SSSR count). The third kappa shape index (κ3) is 4.75. The Morgan fingerprint density at radius 1 is 1.28 bits per heavy atom. The van der Waals surface area contributed by atoms with E-state index in [0.29, 0.717) is 0 Å². The molecule has 0 heterocycles. The van der Waals surface area contributed by atoms with Crippen molar-refractivity contribution in [1.82, 2.24) is 5.32 Å². The maximum Gasteiger partial charge on any atom is 0.407 e. The number of benzene rings is 1. The van der Waals surface area contributed by atoms with Crippen molar-refractivity contribution >= 4 is 6.09 Å². The number of nitrogens with one attached hydrogen (secondary N) is 1. The first-order valence-corrected chi connectivity index (χ1v) is 6.16. The Morgan fingerprint density at radius 2 is 1.89 bits per heavy atom. The lowest BCUT2D eigenvalue weighted by atomic mass is 10.0. The predicted molar refractivity (Wildman–Crippen MR) is 70.1 cm³/mol. The molecule has 0 saturated heterocycles. The molecule has 0 radical (unpaired) electrons. The Kier molecular flexibility index (Phi) is 5.65. The molecule has 18 heavy (non-hydrogen) atoms. The van der Waals surface area contributed by atoms with Crippen molar-refractivity contribution in [3.05, 3.63) is 35.9 Å². The SMILES string of the molecule is CC(C)[C@@H](O)[C@H](C)NC(=O)OCc1ccccc1. The fraction of sp³-hybridized carbons (Fsp3) is 0.500. The monoisotopic (exact) mass is 251 g/mol. The van der Waals surface area contributed by atoms with Gasteiger partial charge in [0.25, 0.3) is 0 Å². The lowest BCUT2D eigenvalue weighted by Gasteiger charge is -2.22. The molecule has 2 atom stereocenters. The van der Waals surface area contributed by atoms with E-state index in [0.717, 1.165) is 5.56 Å². The maximum atomic E-state index is 11.5. The molecule has 0 bridgehead atoms. The highest BCUT2D eigenvalue weighted by molar-refractivity contribution is 5.67. The van der Waals surface area contributed by atoms with Gasteiger partial charge in [-0.3, -0.25) is 0 Å². The number of rotatable bonds is 5. The molecule has 4 heteroatoms. The van der Waals surface area contributed by atoms with Crippen molar-refractivity contribution in [3.8, 4) is 0 Å². The highest BCUT2D eigenvalue weighted by atomic mass is 16.5. The minimum Gasteiger partial charge on any atom is -0.445 e. The zero-order valence-electron chi connectivity index (χ0n) is 11.1. The Bertz CT molecular complexity index is 365. The Balaban J connectivity index is 2.34. The molecule has 0 saturated carbocycles. The number of hydrogen-bond donors (Lipinski definition) is 2. The van der Waals surface area contributed by atoms with E-state index in [1.165, 1.54) is 0 Å². The van der Waals surface area contributed by atoms with Crippen molar-refractivity contribution in [2.24, 2.45) is 5.92 Å². The molecule has 100 valence electrons. The van der Waals surface area contributed by atoms with Gasteiger partial charge < -0.3 is 15.2 Å². The largest absolute Gasteiger partial charge is 0.445 e. The average Bonchev–Trinajstić information content (AvgIpc) is 2.36. The first-order valence-electron chi connectivity index (χ1n) is 6.16. The number of carbonyl (C=O) groups is 1. The third-order valence-electron chi connectivity index (χ3n) is 2.75. The summed E-state index contributed by atoms with van der Waals surface area (Å²) in [7, 11) is 0. The minimum absolute atomic E-state index is 0.0921. The third-order valence-corrected chi connectivity index (χ3v) is 2.75. The van der Waals surface area contributed by atoms with Crippen LogP contribution in [0.3, 0.4) is 0 Å². The van der Waals surface area contributed by atoms with Crippen LogP contribution in [0.15, 0.2) is 30.3 Å². The molecule has 4 nitrogen and oxygen atoms in total. The normalized spacial score (nSPS) is 14.1. The summed E-state index contributed by atoms with van der Waals surface area (Å²) < 4.78 is 5.07. The summed E-state index contributed by atoms with van der Waals surface area (Å²) in [4.78, 5) is 11.5. The summed E-state index contributed by atoms with van der Waals surface area (Å²) in [5.41, 5.74) is 0.935. The molecule has 0 unspecified atom stereocenters. The van der Waals surface area contributed by atoms with Crippen LogP contribution in [-0.4, -0.2) is 23.3 Å². The van der Waals surface area contributed by atoms with E-state index in [-0.39, 0.29) is 18.6 Å². The fourth-order valence-corrected chi connectivity index (χ4v) is 1.61. The van der Waals surface area contributed by atoms with Crippen molar-refractivity contribution in [2.45, 2.75) is 39.5 Å². The molecule has 0 aliphatic rings. The zero-order valence-corrected chi connectivity index (χ0v) is 11.1. The number of carbonyl (C=O) groups excluding carboxylic acids is 1. The van der Waals surface area contributed by atoms with E-state index >= 15 is 0 Å². The van der Waals surface area contributed by atoms with Gasteiger partial charge in [-0.05, 0) is 18.4 Å². The van der Waals surface area contributed by atoms with E-state index in [4.69, 9.17) is 4.74 Å². The van der Waals surface area contributed by atoms with Crippen molar-refractivity contribution in [2.75, 3.05) is 0 Å². The quantitative estimate of drug-likeness (QED) is 0.844. The second-order valence-corrected chi connectivity index (χ2v) is 4.73. The van der Waals surface area contributed by atoms with Crippen LogP contribution in [0.1, 0.15) is 26.3 Å². The molecular weight excluding hydrogens is 230 g/mol. The topological polar surface area (TPSA) is 58.6 Å². The van der Waals surface area contributed by atoms with Gasteiger partial charge in [0.15, 0.2) is 0 Å². The summed E-state index contributed by atoms with van der Waals surface area (Å²) in [5.74, 6) is 0.0921. The van der Waals surface area contributed by atoms with Crippen LogP contribution in [0.25, 0.3) is 0 Å². The molecule has 0 spiro atoms. The average molecular weight is 251 g/mol. The summed E-state index contributed by atoms with van der Waals surface area (Å²) in [6.45, 7) is 5.79. The molecule has 1 amide bonds. The Labute approximate surface area is 108 Å². The molecule has 1 aromatic carbocycles. The van der Waals surface area contributed by atoms with Crippen molar-refractivity contribution in [3.63, 3.8) is 0 Å². The summed E-state index contributed by atoms with van der Waals surface area (Å²) in [6, 6.07) is 9.14. The molecule has 0 aromatic heterocycles. The van der Waals surface area contributed by atoms with Gasteiger partial charge in [0, 0.05) is 0 Å². The van der Waals surface area contributed by atoms with Crippen LogP contribution in [0.4, 0.5) is 4.79 Å². The lowest BCUT2D eigenvalue weighted by molar-refractivity contribution is 0.0789. The highest BCUT2D eigenvalue weighted by Gasteiger charge is 2.19. The zero-order chi connectivity index (χ0) is 13.5. The Morgan fingerprint density at radius 3 is 2.44 bits per heavy atom. The van der Waals surface area contributed by atoms with Crippen LogP contribution in [0.2, 0.25) is 0 Å². The Hall–Kier alpha value is -1.55. The van der Waals surface area contributed by atoms with Crippen LogP contribution >= 0.6 is 0 Å². The number of aliphatic hydroxyl groups excluding tert-OH is 1. The molecule has 0 aliphatic heterocycles. The van der Waals surface area contributed by atoms with Gasteiger partial charge in [0.1, 0.15) is 6.61 Å². The van der Waals surface area contributed by atoms with Crippen LogP contribution in [0.5, 0.6) is 0 Å². The molecular formula is C14H21NO3. The number of ether oxygens (including phenoxy) is 1. The van der Waals surface area contributed by atoms with Crippen molar-refractivity contribution in [1.29, 1.82) is 0 Å². The van der Waals surface area contributed by atoms with Gasteiger partial charge in [-0.2, -0.15) is 0 Å². The molecule has 0 aliphatic carbocycles. The molecule has 1 aromatic rings. The maximum absolute atomic E-state index is 11.5. The smallest absolute Gasteiger partial charge is 0.407 e. The van der Waals surface area contributed by atoms with Gasteiger partial charge in [0.05, 0.1) is 12.1 Å². The number of alkyl carbamates (subject to hydrolysis) is 1. The van der Waals surface area contributed by atoms with Crippen molar-refractivity contribution < 1.29 is 14.6 Å². The van der Waals surface area contributed by atoms with Crippen LogP contribution < -0.4 is 5.32 Å². The lowest BCUT2D eigenvalue weighted by Crippen LogP contribution is -2.43. The molecule has 0 fully saturated rings. The number of amides is 1. The highest BCUT2D eigenvalue weighted by Crippen LogP contribution is 2.06.